The highest BCUT2D eigenvalue weighted by molar-refractivity contribution is 5.81. The van der Waals surface area contributed by atoms with Crippen LogP contribution in [0.2, 0.25) is 0 Å². The topological polar surface area (TPSA) is 50.2 Å². The fraction of sp³-hybridized carbons (Fsp3) is 0.250. The van der Waals surface area contributed by atoms with E-state index in [0.717, 1.165) is 6.20 Å². The predicted molar refractivity (Wildman–Crippen MR) is 41.0 cm³/mol. The van der Waals surface area contributed by atoms with Gasteiger partial charge in [0.05, 0.1) is 17.3 Å². The Kier molecular flexibility index (Phi) is 2.55. The molecule has 0 spiro atoms. The number of carbonyl (C=O) groups is 1. The Hall–Kier alpha value is -1.52. The van der Waals surface area contributed by atoms with Gasteiger partial charge in [0, 0.05) is 5.69 Å². The van der Waals surface area contributed by atoms with Crippen LogP contribution in [0.3, 0.4) is 0 Å². The molecule has 0 aromatic carbocycles. The first kappa shape index (κ1) is 9.57. The van der Waals surface area contributed by atoms with E-state index >= 15 is 0 Å². The van der Waals surface area contributed by atoms with Crippen molar-refractivity contribution in [3.8, 4) is 5.75 Å². The Morgan fingerprint density at radius 3 is 2.62 bits per heavy atom. The number of rotatable bonds is 2. The number of carbonyl (C=O) groups excluding carboxylic acids is 1. The van der Waals surface area contributed by atoms with E-state index in [0.29, 0.717) is 0 Å². The molecule has 0 aliphatic carbocycles. The van der Waals surface area contributed by atoms with E-state index in [2.05, 4.69) is 4.98 Å². The smallest absolute Gasteiger partial charge is 0.266 e. The summed E-state index contributed by atoms with van der Waals surface area (Å²) in [5.74, 6) is -0.518. The number of nitrogens with zero attached hydrogens (tertiary/aromatic N) is 1. The van der Waals surface area contributed by atoms with Crippen LogP contribution < -0.4 is 0 Å². The molecule has 0 aliphatic heterocycles. The van der Waals surface area contributed by atoms with Crippen molar-refractivity contribution in [3.05, 3.63) is 23.0 Å². The summed E-state index contributed by atoms with van der Waals surface area (Å²) in [6.07, 6.45) is -1.63. The van der Waals surface area contributed by atoms with E-state index in [1.54, 1.807) is 0 Å². The normalized spacial score (nSPS) is 10.5. The number of aldehydes is 1. The monoisotopic (exact) mass is 187 g/mol. The molecule has 1 aromatic rings. The summed E-state index contributed by atoms with van der Waals surface area (Å²) >= 11 is 0. The van der Waals surface area contributed by atoms with Crippen LogP contribution in [0.25, 0.3) is 0 Å². The molecule has 0 radical (unpaired) electrons. The summed E-state index contributed by atoms with van der Waals surface area (Å²) in [6, 6.07) is 0. The van der Waals surface area contributed by atoms with Crippen molar-refractivity contribution < 1.29 is 18.7 Å². The molecule has 0 aliphatic rings. The van der Waals surface area contributed by atoms with Crippen LogP contribution in [-0.4, -0.2) is 16.4 Å². The van der Waals surface area contributed by atoms with Gasteiger partial charge in [-0.1, -0.05) is 0 Å². The van der Waals surface area contributed by atoms with Gasteiger partial charge in [0.2, 0.25) is 0 Å². The van der Waals surface area contributed by atoms with Gasteiger partial charge in [-0.15, -0.1) is 0 Å². The third-order valence-electron chi connectivity index (χ3n) is 1.67. The van der Waals surface area contributed by atoms with Gasteiger partial charge in [0.1, 0.15) is 5.75 Å². The first-order valence-electron chi connectivity index (χ1n) is 3.49. The first-order valence-corrected chi connectivity index (χ1v) is 3.49. The maximum absolute atomic E-state index is 12.3. The molecule has 0 saturated heterocycles. The highest BCUT2D eigenvalue weighted by Gasteiger charge is 2.19. The second-order valence-electron chi connectivity index (χ2n) is 2.47. The second kappa shape index (κ2) is 3.47. The van der Waals surface area contributed by atoms with Crippen molar-refractivity contribution in [1.29, 1.82) is 0 Å². The molecule has 0 bridgehead atoms. The molecule has 1 aromatic heterocycles. The molecule has 0 unspecified atom stereocenters. The van der Waals surface area contributed by atoms with Crippen LogP contribution in [0.15, 0.2) is 6.20 Å². The molecule has 70 valence electrons. The zero-order valence-corrected chi connectivity index (χ0v) is 6.79. The Labute approximate surface area is 73.0 Å². The SMILES string of the molecule is Cc1ncc(O)c(C=O)c1C(F)F. The molecule has 0 amide bonds. The van der Waals surface area contributed by atoms with Crippen molar-refractivity contribution in [2.45, 2.75) is 13.3 Å². The van der Waals surface area contributed by atoms with E-state index in [-0.39, 0.29) is 17.5 Å². The lowest BCUT2D eigenvalue weighted by molar-refractivity contribution is 0.110. The average Bonchev–Trinajstić information content (AvgIpc) is 2.07. The fourth-order valence-corrected chi connectivity index (χ4v) is 1.03. The van der Waals surface area contributed by atoms with Crippen LogP contribution in [0.5, 0.6) is 5.75 Å². The maximum Gasteiger partial charge on any atom is 0.266 e. The van der Waals surface area contributed by atoms with Crippen molar-refractivity contribution in [1.82, 2.24) is 4.98 Å². The van der Waals surface area contributed by atoms with Gasteiger partial charge in [0.25, 0.3) is 6.43 Å². The molecular formula is C8H7F2NO2. The molecule has 1 N–H and O–H groups in total. The molecular weight excluding hydrogens is 180 g/mol. The standard InChI is InChI=1S/C8H7F2NO2/c1-4-7(8(9)10)5(3-12)6(13)2-11-4/h2-3,8,13H,1H3. The number of aromatic nitrogens is 1. The lowest BCUT2D eigenvalue weighted by atomic mass is 10.1. The quantitative estimate of drug-likeness (QED) is 0.718. The van der Waals surface area contributed by atoms with E-state index in [1.165, 1.54) is 6.92 Å². The Morgan fingerprint density at radius 2 is 2.23 bits per heavy atom. The number of aryl methyl sites for hydroxylation is 1. The van der Waals surface area contributed by atoms with Crippen LogP contribution >= 0.6 is 0 Å². The zero-order chi connectivity index (χ0) is 10.0. The molecule has 0 atom stereocenters. The van der Waals surface area contributed by atoms with E-state index in [9.17, 15) is 13.6 Å². The van der Waals surface area contributed by atoms with Crippen LogP contribution in [-0.2, 0) is 0 Å². The third kappa shape index (κ3) is 1.63. The highest BCUT2D eigenvalue weighted by atomic mass is 19.3. The summed E-state index contributed by atoms with van der Waals surface area (Å²) in [4.78, 5) is 13.9. The molecule has 0 fully saturated rings. The Bertz CT molecular complexity index is 339. The van der Waals surface area contributed by atoms with Gasteiger partial charge in [-0.2, -0.15) is 0 Å². The molecule has 0 saturated carbocycles. The maximum atomic E-state index is 12.3. The zero-order valence-electron chi connectivity index (χ0n) is 6.79. The molecule has 1 rings (SSSR count). The number of pyridine rings is 1. The number of aromatic hydroxyl groups is 1. The van der Waals surface area contributed by atoms with E-state index in [1.807, 2.05) is 0 Å². The molecule has 1 heterocycles. The lowest BCUT2D eigenvalue weighted by Gasteiger charge is -2.07. The van der Waals surface area contributed by atoms with Crippen molar-refractivity contribution in [2.24, 2.45) is 0 Å². The number of alkyl halides is 2. The highest BCUT2D eigenvalue weighted by Crippen LogP contribution is 2.29. The lowest BCUT2D eigenvalue weighted by Crippen LogP contribution is -1.99. The van der Waals surface area contributed by atoms with Crippen LogP contribution in [0.1, 0.15) is 28.0 Å². The van der Waals surface area contributed by atoms with Crippen LogP contribution in [0.4, 0.5) is 8.78 Å². The van der Waals surface area contributed by atoms with E-state index < -0.39 is 17.7 Å². The van der Waals surface area contributed by atoms with Gasteiger partial charge in [-0.3, -0.25) is 9.78 Å². The van der Waals surface area contributed by atoms with Gasteiger partial charge in [-0.05, 0) is 6.92 Å². The molecule has 13 heavy (non-hydrogen) atoms. The minimum absolute atomic E-state index is 0.0508. The fourth-order valence-electron chi connectivity index (χ4n) is 1.03. The summed E-state index contributed by atoms with van der Waals surface area (Å²) in [6.45, 7) is 1.36. The second-order valence-corrected chi connectivity index (χ2v) is 2.47. The minimum atomic E-state index is -2.81. The summed E-state index contributed by atoms with van der Waals surface area (Å²) in [5, 5.41) is 9.04. The number of hydrogen-bond donors (Lipinski definition) is 1. The number of halogens is 2. The summed E-state index contributed by atoms with van der Waals surface area (Å²) < 4.78 is 24.7. The Morgan fingerprint density at radius 1 is 1.62 bits per heavy atom. The van der Waals surface area contributed by atoms with Crippen molar-refractivity contribution >= 4 is 6.29 Å². The van der Waals surface area contributed by atoms with Gasteiger partial charge < -0.3 is 5.11 Å². The van der Waals surface area contributed by atoms with Crippen molar-refractivity contribution in [2.75, 3.05) is 0 Å². The third-order valence-corrected chi connectivity index (χ3v) is 1.67. The summed E-state index contributed by atoms with van der Waals surface area (Å²) in [5.41, 5.74) is -0.840. The summed E-state index contributed by atoms with van der Waals surface area (Å²) in [7, 11) is 0. The van der Waals surface area contributed by atoms with Crippen molar-refractivity contribution in [3.63, 3.8) is 0 Å². The van der Waals surface area contributed by atoms with Gasteiger partial charge >= 0.3 is 0 Å². The predicted octanol–water partition coefficient (Wildman–Crippen LogP) is 1.85. The number of hydrogen-bond acceptors (Lipinski definition) is 3. The first-order chi connectivity index (χ1) is 6.07. The molecule has 3 nitrogen and oxygen atoms in total. The van der Waals surface area contributed by atoms with Gasteiger partial charge in [0.15, 0.2) is 6.29 Å². The minimum Gasteiger partial charge on any atom is -0.506 e. The Balaban J connectivity index is 3.43. The molecule has 5 heteroatoms. The largest absolute Gasteiger partial charge is 0.506 e. The van der Waals surface area contributed by atoms with E-state index in [4.69, 9.17) is 5.11 Å². The average molecular weight is 187 g/mol. The van der Waals surface area contributed by atoms with Crippen LogP contribution in [0, 0.1) is 6.92 Å². The van der Waals surface area contributed by atoms with Gasteiger partial charge in [-0.25, -0.2) is 8.78 Å².